The number of piperazine rings is 1. The molecule has 4 rings (SSSR count). The van der Waals surface area contributed by atoms with E-state index >= 15 is 0 Å². The van der Waals surface area contributed by atoms with Crippen molar-refractivity contribution in [3.63, 3.8) is 0 Å². The smallest absolute Gasteiger partial charge is 0.0723 e. The molecule has 127 valence electrons. The van der Waals surface area contributed by atoms with E-state index in [1.807, 2.05) is 36.5 Å². The first-order valence-electron chi connectivity index (χ1n) is 8.37. The van der Waals surface area contributed by atoms with E-state index in [9.17, 15) is 0 Å². The van der Waals surface area contributed by atoms with Gasteiger partial charge in [0.25, 0.3) is 0 Å². The number of halogens is 2. The third kappa shape index (κ3) is 3.59. The zero-order valence-corrected chi connectivity index (χ0v) is 15.3. The monoisotopic (exact) mass is 370 g/mol. The minimum absolute atomic E-state index is 0.621. The summed E-state index contributed by atoms with van der Waals surface area (Å²) < 4.78 is 0. The first-order valence-corrected chi connectivity index (χ1v) is 9.13. The Bertz CT molecular complexity index is 889. The molecule has 1 aliphatic rings. The summed E-state index contributed by atoms with van der Waals surface area (Å²) in [5, 5.41) is 2.41. The van der Waals surface area contributed by atoms with Gasteiger partial charge in [-0.2, -0.15) is 0 Å². The summed E-state index contributed by atoms with van der Waals surface area (Å²) in [7, 11) is 0. The largest absolute Gasteiger partial charge is 0.368 e. The van der Waals surface area contributed by atoms with Gasteiger partial charge in [0, 0.05) is 56.1 Å². The molecule has 1 saturated heterocycles. The van der Waals surface area contributed by atoms with Crippen molar-refractivity contribution in [1.29, 1.82) is 0 Å². The van der Waals surface area contributed by atoms with Crippen LogP contribution in [0.4, 0.5) is 5.69 Å². The summed E-state index contributed by atoms with van der Waals surface area (Å²) >= 11 is 12.4. The van der Waals surface area contributed by atoms with Crippen LogP contribution in [0.1, 0.15) is 5.56 Å². The molecule has 0 N–H and O–H groups in total. The minimum Gasteiger partial charge on any atom is -0.368 e. The normalized spacial score (nSPS) is 15.7. The van der Waals surface area contributed by atoms with E-state index in [4.69, 9.17) is 23.2 Å². The fourth-order valence-electron chi connectivity index (χ4n) is 3.24. The highest BCUT2D eigenvalue weighted by Crippen LogP contribution is 2.27. The molecular formula is C20H18Cl2N3. The molecule has 1 fully saturated rings. The van der Waals surface area contributed by atoms with Crippen LogP contribution >= 0.6 is 23.2 Å². The molecule has 0 saturated carbocycles. The lowest BCUT2D eigenvalue weighted by atomic mass is 10.1. The molecule has 3 nitrogen and oxygen atoms in total. The lowest BCUT2D eigenvalue weighted by Crippen LogP contribution is -2.46. The van der Waals surface area contributed by atoms with Gasteiger partial charge in [-0.25, -0.2) is 0 Å². The van der Waals surface area contributed by atoms with E-state index in [1.54, 1.807) is 0 Å². The average Bonchev–Trinajstić information content (AvgIpc) is 2.66. The lowest BCUT2D eigenvalue weighted by Gasteiger charge is -2.36. The highest BCUT2D eigenvalue weighted by Gasteiger charge is 2.19. The third-order valence-corrected chi connectivity index (χ3v) is 5.52. The van der Waals surface area contributed by atoms with Crippen LogP contribution < -0.4 is 4.90 Å². The number of anilines is 1. The summed E-state index contributed by atoms with van der Waals surface area (Å²) in [5.74, 6) is 0. The van der Waals surface area contributed by atoms with Crippen LogP contribution in [0.25, 0.3) is 10.9 Å². The number of nitrogens with zero attached hydrogens (tertiary/aromatic N) is 3. The van der Waals surface area contributed by atoms with Gasteiger partial charge in [0.1, 0.15) is 0 Å². The second-order valence-electron chi connectivity index (χ2n) is 6.27. The van der Waals surface area contributed by atoms with Crippen molar-refractivity contribution in [1.82, 2.24) is 9.88 Å². The maximum atomic E-state index is 6.31. The van der Waals surface area contributed by atoms with Gasteiger partial charge in [0.15, 0.2) is 0 Å². The molecule has 0 unspecified atom stereocenters. The number of fused-ring (bicyclic) bond motifs is 1. The number of aromatic nitrogens is 1. The molecule has 5 heteroatoms. The Morgan fingerprint density at radius 3 is 2.72 bits per heavy atom. The Hall–Kier alpha value is -1.81. The van der Waals surface area contributed by atoms with E-state index < -0.39 is 0 Å². The molecule has 1 aromatic heterocycles. The van der Waals surface area contributed by atoms with Gasteiger partial charge >= 0.3 is 0 Å². The number of pyridine rings is 1. The van der Waals surface area contributed by atoms with Crippen molar-refractivity contribution in [2.24, 2.45) is 0 Å². The third-order valence-electron chi connectivity index (χ3n) is 4.66. The highest BCUT2D eigenvalue weighted by molar-refractivity contribution is 6.42. The van der Waals surface area contributed by atoms with E-state index in [0.717, 1.165) is 54.9 Å². The molecule has 0 amide bonds. The first kappa shape index (κ1) is 16.6. The topological polar surface area (TPSA) is 19.4 Å². The lowest BCUT2D eigenvalue weighted by molar-refractivity contribution is 0.250. The van der Waals surface area contributed by atoms with Crippen molar-refractivity contribution in [2.45, 2.75) is 6.54 Å². The van der Waals surface area contributed by atoms with Crippen LogP contribution in [-0.4, -0.2) is 36.1 Å². The summed E-state index contributed by atoms with van der Waals surface area (Å²) in [6, 6.07) is 17.4. The Kier molecular flexibility index (Phi) is 4.80. The van der Waals surface area contributed by atoms with E-state index in [-0.39, 0.29) is 0 Å². The van der Waals surface area contributed by atoms with Crippen LogP contribution in [-0.2, 0) is 6.54 Å². The predicted molar refractivity (Wildman–Crippen MR) is 105 cm³/mol. The standard InChI is InChI=1S/C20H18Cl2N3/c21-18-5-1-3-16(20(18)22)14-24-9-11-25(12-10-24)17-7-6-15-4-2-8-23-19(15)13-17/h1-6,8,13H,9-12,14H2. The fraction of sp³-hybridized carbons (Fsp3) is 0.250. The van der Waals surface area contributed by atoms with Crippen LogP contribution in [0.2, 0.25) is 10.0 Å². The number of hydrogen-bond acceptors (Lipinski definition) is 3. The number of rotatable bonds is 3. The Morgan fingerprint density at radius 2 is 1.88 bits per heavy atom. The predicted octanol–water partition coefficient (Wildman–Crippen LogP) is 4.66. The molecule has 1 radical (unpaired) electrons. The maximum Gasteiger partial charge on any atom is 0.0723 e. The average molecular weight is 371 g/mol. The maximum absolute atomic E-state index is 6.31. The van der Waals surface area contributed by atoms with E-state index in [0.29, 0.717) is 10.0 Å². The molecule has 1 aliphatic heterocycles. The van der Waals surface area contributed by atoms with Crippen molar-refractivity contribution in [3.8, 4) is 0 Å². The molecule has 0 atom stereocenters. The van der Waals surface area contributed by atoms with Gasteiger partial charge in [0.05, 0.1) is 15.6 Å². The van der Waals surface area contributed by atoms with E-state index in [1.165, 1.54) is 0 Å². The van der Waals surface area contributed by atoms with Gasteiger partial charge in [-0.3, -0.25) is 9.88 Å². The van der Waals surface area contributed by atoms with Gasteiger partial charge in [-0.1, -0.05) is 41.4 Å². The summed E-state index contributed by atoms with van der Waals surface area (Å²) in [4.78, 5) is 9.22. The van der Waals surface area contributed by atoms with Crippen molar-refractivity contribution in [3.05, 3.63) is 70.3 Å². The van der Waals surface area contributed by atoms with Crippen molar-refractivity contribution in [2.75, 3.05) is 31.1 Å². The molecule has 0 bridgehead atoms. The van der Waals surface area contributed by atoms with Crippen LogP contribution in [0, 0.1) is 6.07 Å². The quantitative estimate of drug-likeness (QED) is 0.667. The molecule has 0 spiro atoms. The van der Waals surface area contributed by atoms with E-state index in [2.05, 4.69) is 33.0 Å². The number of hydrogen-bond donors (Lipinski definition) is 0. The molecule has 0 aliphatic carbocycles. The zero-order valence-electron chi connectivity index (χ0n) is 13.8. The second kappa shape index (κ2) is 7.20. The van der Waals surface area contributed by atoms with Crippen LogP contribution in [0.3, 0.4) is 0 Å². The van der Waals surface area contributed by atoms with Gasteiger partial charge in [-0.05, 0) is 29.8 Å². The van der Waals surface area contributed by atoms with Gasteiger partial charge < -0.3 is 4.90 Å². The molecule has 25 heavy (non-hydrogen) atoms. The van der Waals surface area contributed by atoms with Gasteiger partial charge in [0.2, 0.25) is 0 Å². The first-order chi connectivity index (χ1) is 12.2. The Morgan fingerprint density at radius 1 is 1.04 bits per heavy atom. The molecular weight excluding hydrogens is 353 g/mol. The highest BCUT2D eigenvalue weighted by atomic mass is 35.5. The molecule has 2 aromatic carbocycles. The number of benzene rings is 2. The summed E-state index contributed by atoms with van der Waals surface area (Å²) in [6.45, 7) is 4.73. The SMILES string of the molecule is Clc1cccc(CN2CCN(c3[c]cc4cccnc4c3)CC2)c1Cl. The molecule has 2 heterocycles. The molecule has 3 aromatic rings. The van der Waals surface area contributed by atoms with Crippen LogP contribution in [0.5, 0.6) is 0 Å². The van der Waals surface area contributed by atoms with Crippen molar-refractivity contribution < 1.29 is 0 Å². The van der Waals surface area contributed by atoms with Gasteiger partial charge in [-0.15, -0.1) is 0 Å². The van der Waals surface area contributed by atoms with Crippen LogP contribution in [0.15, 0.2) is 48.7 Å². The fourth-order valence-corrected chi connectivity index (χ4v) is 3.62. The summed E-state index contributed by atoms with van der Waals surface area (Å²) in [5.41, 5.74) is 3.22. The summed E-state index contributed by atoms with van der Waals surface area (Å²) in [6.07, 6.45) is 1.83. The minimum atomic E-state index is 0.621. The Balaban J connectivity index is 1.43. The zero-order chi connectivity index (χ0) is 17.2. The second-order valence-corrected chi connectivity index (χ2v) is 7.06. The Labute approximate surface area is 157 Å². The van der Waals surface area contributed by atoms with Crippen molar-refractivity contribution >= 4 is 39.8 Å².